The van der Waals surface area contributed by atoms with Crippen molar-refractivity contribution in [2.75, 3.05) is 0 Å². The summed E-state index contributed by atoms with van der Waals surface area (Å²) >= 11 is 1.65. The lowest BCUT2D eigenvalue weighted by Crippen LogP contribution is -2.21. The van der Waals surface area contributed by atoms with Gasteiger partial charge < -0.3 is 5.11 Å². The number of thiophene rings is 1. The molecule has 0 fully saturated rings. The van der Waals surface area contributed by atoms with Gasteiger partial charge in [0.15, 0.2) is 0 Å². The molecule has 1 aromatic heterocycles. The molecule has 1 aliphatic rings. The summed E-state index contributed by atoms with van der Waals surface area (Å²) in [4.78, 5) is 18.9. The van der Waals surface area contributed by atoms with E-state index in [0.29, 0.717) is 12.2 Å². The van der Waals surface area contributed by atoms with E-state index in [2.05, 4.69) is 19.9 Å². The van der Waals surface area contributed by atoms with Crippen molar-refractivity contribution in [3.8, 4) is 10.4 Å². The number of carbonyl (C=O) groups is 1. The fourth-order valence-electron chi connectivity index (χ4n) is 3.96. The zero-order chi connectivity index (χ0) is 19.2. The highest BCUT2D eigenvalue weighted by atomic mass is 32.1. The maximum absolute atomic E-state index is 12.1. The van der Waals surface area contributed by atoms with Crippen LogP contribution >= 0.6 is 11.3 Å². The van der Waals surface area contributed by atoms with Crippen molar-refractivity contribution in [3.63, 3.8) is 0 Å². The summed E-state index contributed by atoms with van der Waals surface area (Å²) in [6, 6.07) is 12.2. The third kappa shape index (κ3) is 3.38. The summed E-state index contributed by atoms with van der Waals surface area (Å²) in [5, 5.41) is 12.1. The second-order valence-electron chi connectivity index (χ2n) is 8.06. The lowest BCUT2D eigenvalue weighted by atomic mass is 9.76. The molecule has 3 N–H and O–H groups in total. The van der Waals surface area contributed by atoms with Crippen LogP contribution in [0.15, 0.2) is 36.4 Å². The van der Waals surface area contributed by atoms with Gasteiger partial charge in [-0.1, -0.05) is 38.1 Å². The predicted molar refractivity (Wildman–Crippen MR) is 109 cm³/mol. The van der Waals surface area contributed by atoms with Gasteiger partial charge in [0.2, 0.25) is 0 Å². The van der Waals surface area contributed by atoms with Gasteiger partial charge in [-0.3, -0.25) is 4.84 Å². The van der Waals surface area contributed by atoms with Crippen molar-refractivity contribution in [1.29, 1.82) is 0 Å². The Kier molecular flexibility index (Phi) is 4.54. The van der Waals surface area contributed by atoms with E-state index in [9.17, 15) is 9.90 Å². The molecule has 0 saturated heterocycles. The van der Waals surface area contributed by atoms with E-state index in [1.165, 1.54) is 4.88 Å². The number of carboxylic acid groups (broad SMARTS) is 1. The molecule has 1 heterocycles. The Bertz CT molecular complexity index is 1040. The first-order valence-corrected chi connectivity index (χ1v) is 9.92. The Morgan fingerprint density at radius 2 is 1.96 bits per heavy atom. The van der Waals surface area contributed by atoms with Crippen LogP contribution in [0.25, 0.3) is 21.2 Å². The first-order chi connectivity index (χ1) is 12.9. The van der Waals surface area contributed by atoms with Gasteiger partial charge in [0.1, 0.15) is 0 Å². The molecule has 1 aliphatic carbocycles. The zero-order valence-electron chi connectivity index (χ0n) is 15.5. The van der Waals surface area contributed by atoms with Gasteiger partial charge in [0.05, 0.1) is 12.2 Å². The summed E-state index contributed by atoms with van der Waals surface area (Å²) in [6.07, 6.45) is 2.82. The first kappa shape index (κ1) is 18.2. The third-order valence-corrected chi connectivity index (χ3v) is 6.69. The van der Waals surface area contributed by atoms with Gasteiger partial charge in [0.25, 0.3) is 0 Å². The number of hydrogen-bond acceptors (Lipinski definition) is 4. The minimum absolute atomic E-state index is 0.232. The molecular weight excluding hydrogens is 358 g/mol. The summed E-state index contributed by atoms with van der Waals surface area (Å²) in [5.41, 5.74) is 3.75. The Morgan fingerprint density at radius 3 is 2.70 bits per heavy atom. The molecule has 2 aromatic carbocycles. The monoisotopic (exact) mass is 381 g/mol. The Morgan fingerprint density at radius 1 is 1.22 bits per heavy atom. The number of fused-ring (bicyclic) bond motifs is 2. The maximum atomic E-state index is 12.1. The smallest absolute Gasteiger partial charge is 0.337 e. The van der Waals surface area contributed by atoms with Gasteiger partial charge >= 0.3 is 5.97 Å². The molecule has 0 amide bonds. The van der Waals surface area contributed by atoms with E-state index in [1.807, 2.05) is 30.3 Å². The first-order valence-electron chi connectivity index (χ1n) is 9.10. The summed E-state index contributed by atoms with van der Waals surface area (Å²) in [5.74, 6) is 4.34. The van der Waals surface area contributed by atoms with Crippen LogP contribution in [-0.4, -0.2) is 11.1 Å². The Labute approximate surface area is 162 Å². The topological polar surface area (TPSA) is 72.5 Å². The number of aromatic carboxylic acids is 1. The average Bonchev–Trinajstić information content (AvgIpc) is 2.99. The van der Waals surface area contributed by atoms with Crippen LogP contribution in [0.4, 0.5) is 0 Å². The molecule has 0 bridgehead atoms. The number of benzene rings is 2. The van der Waals surface area contributed by atoms with Crippen LogP contribution in [0.1, 0.15) is 46.6 Å². The van der Waals surface area contributed by atoms with Crippen LogP contribution < -0.4 is 5.90 Å². The van der Waals surface area contributed by atoms with E-state index < -0.39 is 5.97 Å². The lowest BCUT2D eigenvalue weighted by Gasteiger charge is -2.29. The molecule has 0 radical (unpaired) electrons. The molecule has 0 aliphatic heterocycles. The normalized spacial score (nSPS) is 15.7. The highest BCUT2D eigenvalue weighted by molar-refractivity contribution is 7.16. The van der Waals surface area contributed by atoms with Crippen LogP contribution in [0.2, 0.25) is 0 Å². The molecule has 0 saturated carbocycles. The fourth-order valence-corrected chi connectivity index (χ4v) is 5.55. The quantitative estimate of drug-likeness (QED) is 0.611. The molecule has 5 heteroatoms. The van der Waals surface area contributed by atoms with Crippen molar-refractivity contribution in [1.82, 2.24) is 0 Å². The van der Waals surface area contributed by atoms with E-state index in [-0.39, 0.29) is 5.41 Å². The van der Waals surface area contributed by atoms with Gasteiger partial charge in [-0.05, 0) is 64.3 Å². The van der Waals surface area contributed by atoms with Crippen molar-refractivity contribution in [3.05, 3.63) is 58.0 Å². The third-order valence-electron chi connectivity index (χ3n) is 5.41. The van der Waals surface area contributed by atoms with Gasteiger partial charge in [-0.2, -0.15) is 0 Å². The van der Waals surface area contributed by atoms with Crippen molar-refractivity contribution in [2.24, 2.45) is 11.3 Å². The second-order valence-corrected chi connectivity index (χ2v) is 9.17. The highest BCUT2D eigenvalue weighted by Gasteiger charge is 2.32. The standard InChI is InChI=1S/C22H23NO3S/c1-22(2)8-7-17-18(11-22)27-20(19(17)21(24)25)16-6-5-14-9-13(12-26-23)3-4-15(14)10-16/h3-6,9-10H,7-8,11-12,23H2,1-2H3,(H,24,25). The SMILES string of the molecule is CC1(C)CCc2c(sc(-c3ccc4cc(CON)ccc4c3)c2C(=O)O)C1. The summed E-state index contributed by atoms with van der Waals surface area (Å²) < 4.78 is 0. The molecule has 0 spiro atoms. The maximum Gasteiger partial charge on any atom is 0.337 e. The largest absolute Gasteiger partial charge is 0.478 e. The molecular formula is C22H23NO3S. The zero-order valence-corrected chi connectivity index (χ0v) is 16.4. The fraction of sp³-hybridized carbons (Fsp3) is 0.318. The van der Waals surface area contributed by atoms with Crippen LogP contribution in [0, 0.1) is 5.41 Å². The predicted octanol–water partition coefficient (Wildman–Crippen LogP) is 5.17. The number of carboxylic acids is 1. The molecule has 0 unspecified atom stereocenters. The molecule has 0 atom stereocenters. The average molecular weight is 381 g/mol. The van der Waals surface area contributed by atoms with Crippen LogP contribution in [-0.2, 0) is 24.3 Å². The van der Waals surface area contributed by atoms with E-state index >= 15 is 0 Å². The molecule has 27 heavy (non-hydrogen) atoms. The number of nitrogens with two attached hydrogens (primary N) is 1. The minimum atomic E-state index is -0.822. The van der Waals surface area contributed by atoms with Crippen molar-refractivity contribution < 1.29 is 14.7 Å². The van der Waals surface area contributed by atoms with E-state index in [1.54, 1.807) is 11.3 Å². The van der Waals surface area contributed by atoms with Crippen molar-refractivity contribution >= 4 is 28.1 Å². The van der Waals surface area contributed by atoms with Crippen LogP contribution in [0.3, 0.4) is 0 Å². The summed E-state index contributed by atoms with van der Waals surface area (Å²) in [7, 11) is 0. The molecule has 140 valence electrons. The molecule has 4 nitrogen and oxygen atoms in total. The molecule has 4 rings (SSSR count). The summed E-state index contributed by atoms with van der Waals surface area (Å²) in [6.45, 7) is 4.89. The second kappa shape index (κ2) is 6.75. The number of rotatable bonds is 4. The Balaban J connectivity index is 1.82. The van der Waals surface area contributed by atoms with Gasteiger partial charge in [-0.15, -0.1) is 11.3 Å². The Hall–Kier alpha value is -2.21. The van der Waals surface area contributed by atoms with Crippen LogP contribution in [0.5, 0.6) is 0 Å². The van der Waals surface area contributed by atoms with E-state index in [0.717, 1.165) is 51.6 Å². The number of hydrogen-bond donors (Lipinski definition) is 2. The highest BCUT2D eigenvalue weighted by Crippen LogP contribution is 2.45. The lowest BCUT2D eigenvalue weighted by molar-refractivity contribution is 0.0696. The molecule has 3 aromatic rings. The van der Waals surface area contributed by atoms with Gasteiger partial charge in [0, 0.05) is 9.75 Å². The van der Waals surface area contributed by atoms with E-state index in [4.69, 9.17) is 10.7 Å². The minimum Gasteiger partial charge on any atom is -0.478 e. The van der Waals surface area contributed by atoms with Crippen molar-refractivity contribution in [2.45, 2.75) is 39.7 Å². The van der Waals surface area contributed by atoms with Gasteiger partial charge in [-0.25, -0.2) is 10.7 Å².